The van der Waals surface area contributed by atoms with Crippen molar-refractivity contribution in [2.45, 2.75) is 119 Å². The van der Waals surface area contributed by atoms with E-state index in [0.717, 1.165) is 57.2 Å². The molecule has 2 N–H and O–H groups in total. The van der Waals surface area contributed by atoms with Crippen LogP contribution >= 0.6 is 0 Å². The largest absolute Gasteiger partial charge is 0.393 e. The van der Waals surface area contributed by atoms with Crippen molar-refractivity contribution in [2.24, 2.45) is 17.3 Å². The van der Waals surface area contributed by atoms with Gasteiger partial charge in [-0.15, -0.1) is 6.58 Å². The van der Waals surface area contributed by atoms with Crippen LogP contribution in [0.15, 0.2) is 67.9 Å². The molecule has 2 rings (SSSR count). The van der Waals surface area contributed by atoms with Gasteiger partial charge in [0.25, 0.3) is 0 Å². The molecule has 0 saturated heterocycles. The van der Waals surface area contributed by atoms with Gasteiger partial charge >= 0.3 is 0 Å². The summed E-state index contributed by atoms with van der Waals surface area (Å²) in [5.41, 5.74) is 5.76. The number of aliphatic hydroxyl groups is 1. The number of likely N-dealkylation sites (N-methyl/N-ethyl adjacent to an activating group) is 1. The number of unbranched alkanes of at least 4 members (excludes halogenated alkanes) is 2. The minimum Gasteiger partial charge on any atom is -0.393 e. The molecule has 4 nitrogen and oxygen atoms in total. The molecule has 3 unspecified atom stereocenters. The van der Waals surface area contributed by atoms with Gasteiger partial charge in [0.2, 0.25) is 5.91 Å². The molecule has 0 heterocycles. The van der Waals surface area contributed by atoms with Crippen molar-refractivity contribution in [2.75, 3.05) is 20.1 Å². The van der Waals surface area contributed by atoms with Crippen LogP contribution in [-0.4, -0.2) is 42.2 Å². The summed E-state index contributed by atoms with van der Waals surface area (Å²) in [5.74, 6) is 1.23. The maximum atomic E-state index is 11.9. The number of nitrogens with one attached hydrogen (secondary N) is 1. The van der Waals surface area contributed by atoms with Crippen molar-refractivity contribution in [1.82, 2.24) is 10.2 Å². The zero-order valence-corrected chi connectivity index (χ0v) is 27.9. The molecular weight excluding hydrogens is 528 g/mol. The maximum absolute atomic E-state index is 11.9. The number of hydrogen-bond donors (Lipinski definition) is 2. The Balaban J connectivity index is 0.00000228. The van der Waals surface area contributed by atoms with E-state index in [-0.39, 0.29) is 19.4 Å². The predicted octanol–water partition coefficient (Wildman–Crippen LogP) is 9.24. The Hall–Kier alpha value is -2.59. The van der Waals surface area contributed by atoms with Crippen molar-refractivity contribution in [3.05, 3.63) is 84.6 Å². The lowest BCUT2D eigenvalue weighted by Crippen LogP contribution is -2.27. The Morgan fingerprint density at radius 2 is 1.79 bits per heavy atom. The van der Waals surface area contributed by atoms with Crippen LogP contribution in [0.4, 0.5) is 0 Å². The Morgan fingerprint density at radius 3 is 2.40 bits per heavy atom. The fourth-order valence-corrected chi connectivity index (χ4v) is 5.40. The summed E-state index contributed by atoms with van der Waals surface area (Å²) in [5, 5.41) is 13.6. The summed E-state index contributed by atoms with van der Waals surface area (Å²) in [6.45, 7) is 23.8. The molecule has 0 radical (unpaired) electrons. The Bertz CT molecular complexity index is 977. The molecule has 0 aromatic heterocycles. The van der Waals surface area contributed by atoms with E-state index in [2.05, 4.69) is 77.9 Å². The van der Waals surface area contributed by atoms with Gasteiger partial charge < -0.3 is 15.3 Å². The number of rotatable bonds is 16. The number of nitrogens with zero attached hydrogens (tertiary/aromatic N) is 1. The van der Waals surface area contributed by atoms with Gasteiger partial charge in [0.05, 0.1) is 6.10 Å². The molecule has 1 aromatic carbocycles. The zero-order chi connectivity index (χ0) is 31.5. The van der Waals surface area contributed by atoms with Crippen LogP contribution in [0.3, 0.4) is 0 Å². The first-order chi connectivity index (χ1) is 19.9. The first kappa shape index (κ1) is 40.4. The molecule has 1 saturated carbocycles. The van der Waals surface area contributed by atoms with Crippen LogP contribution in [0, 0.1) is 17.3 Å². The molecule has 4 heteroatoms. The highest BCUT2D eigenvalue weighted by atomic mass is 16.3. The molecule has 43 heavy (non-hydrogen) atoms. The average molecular weight is 595 g/mol. The molecule has 0 aliphatic heterocycles. The monoisotopic (exact) mass is 595 g/mol. The molecule has 3 atom stereocenters. The molecule has 0 bridgehead atoms. The van der Waals surface area contributed by atoms with Crippen LogP contribution in [0.1, 0.15) is 110 Å². The van der Waals surface area contributed by atoms with E-state index in [9.17, 15) is 9.90 Å². The minimum atomic E-state index is -0.116. The van der Waals surface area contributed by atoms with E-state index in [4.69, 9.17) is 0 Å². The molecule has 244 valence electrons. The Kier molecular flexibility index (Phi) is 20.7. The molecule has 1 fully saturated rings. The van der Waals surface area contributed by atoms with Gasteiger partial charge in [-0.3, -0.25) is 4.79 Å². The molecule has 0 spiro atoms. The van der Waals surface area contributed by atoms with Gasteiger partial charge in [-0.1, -0.05) is 104 Å². The summed E-state index contributed by atoms with van der Waals surface area (Å²) in [6, 6.07) is 7.15. The minimum absolute atomic E-state index is 0. The van der Waals surface area contributed by atoms with Crippen molar-refractivity contribution < 1.29 is 9.90 Å². The number of allylic oxidation sites excluding steroid dienone is 3. The van der Waals surface area contributed by atoms with Crippen LogP contribution < -0.4 is 5.32 Å². The van der Waals surface area contributed by atoms with Gasteiger partial charge in [0.15, 0.2) is 0 Å². The second-order valence-electron chi connectivity index (χ2n) is 13.4. The predicted molar refractivity (Wildman–Crippen MR) is 189 cm³/mol. The van der Waals surface area contributed by atoms with Crippen LogP contribution in [0.5, 0.6) is 0 Å². The summed E-state index contributed by atoms with van der Waals surface area (Å²) in [7, 11) is 1.81. The van der Waals surface area contributed by atoms with E-state index < -0.39 is 0 Å². The molecule has 1 aliphatic carbocycles. The van der Waals surface area contributed by atoms with E-state index in [1.54, 1.807) is 17.1 Å². The fraction of sp³-hybridized carbons (Fsp3) is 0.615. The van der Waals surface area contributed by atoms with Gasteiger partial charge in [0, 0.05) is 38.3 Å². The summed E-state index contributed by atoms with van der Waals surface area (Å²) in [6.07, 6.45) is 18.6. The maximum Gasteiger partial charge on any atom is 0.246 e. The van der Waals surface area contributed by atoms with Crippen LogP contribution in [0.2, 0.25) is 0 Å². The summed E-state index contributed by atoms with van der Waals surface area (Å²) < 4.78 is 0. The molecule has 1 aliphatic rings. The van der Waals surface area contributed by atoms with Crippen LogP contribution in [0.25, 0.3) is 0 Å². The Labute approximate surface area is 266 Å². The third-order valence-corrected chi connectivity index (χ3v) is 7.94. The highest BCUT2D eigenvalue weighted by molar-refractivity contribution is 5.87. The lowest BCUT2D eigenvalue weighted by Gasteiger charge is -2.31. The summed E-state index contributed by atoms with van der Waals surface area (Å²) in [4.78, 5) is 13.6. The lowest BCUT2D eigenvalue weighted by atomic mass is 9.77. The zero-order valence-electron chi connectivity index (χ0n) is 27.9. The van der Waals surface area contributed by atoms with Crippen LogP contribution in [-0.2, 0) is 24.1 Å². The molecule has 1 aromatic rings. The van der Waals surface area contributed by atoms with Gasteiger partial charge in [0.1, 0.15) is 0 Å². The van der Waals surface area contributed by atoms with Crippen molar-refractivity contribution >= 4 is 5.91 Å². The number of carbonyl (C=O) groups is 1. The van der Waals surface area contributed by atoms with E-state index in [1.807, 2.05) is 13.1 Å². The van der Waals surface area contributed by atoms with E-state index in [1.165, 1.54) is 48.4 Å². The topological polar surface area (TPSA) is 52.6 Å². The summed E-state index contributed by atoms with van der Waals surface area (Å²) >= 11 is 0. The SMILES string of the molecule is C.C=C/C=C\C(=O)N(C)CCC(=C)NCCCCCc1ccc(CC2CC(C)CC(O)C2)c(CCC)c1.C=CC(C)(C)C. The van der Waals surface area contributed by atoms with Crippen molar-refractivity contribution in [1.29, 1.82) is 0 Å². The highest BCUT2D eigenvalue weighted by Crippen LogP contribution is 2.32. The van der Waals surface area contributed by atoms with Crippen molar-refractivity contribution in [3.8, 4) is 0 Å². The normalized spacial score (nSPS) is 18.2. The number of amides is 1. The second kappa shape index (κ2) is 22.0. The Morgan fingerprint density at radius 1 is 1.09 bits per heavy atom. The standard InChI is InChI=1S/C32H50N2O2.C6H12.CH4/c1-6-8-14-32(36)34(5)19-17-26(4)33-18-11-9-10-13-27-15-16-30(29(22-27)12-7-2)23-28-20-25(3)21-31(35)24-28;1-5-6(2,3)4;/h6,8,14-16,22,25,28,31,33,35H,1,4,7,9-13,17-21,23-24H2,2-3,5H3;5H,1H2,2-4H3;1H4/b14-8-;;. The first-order valence-corrected chi connectivity index (χ1v) is 16.3. The van der Waals surface area contributed by atoms with E-state index in [0.29, 0.717) is 23.8 Å². The third-order valence-electron chi connectivity index (χ3n) is 7.94. The number of benzene rings is 1. The van der Waals surface area contributed by atoms with Gasteiger partial charge in [-0.05, 0) is 85.3 Å². The quantitative estimate of drug-likeness (QED) is 0.0868. The second-order valence-corrected chi connectivity index (χ2v) is 13.4. The molecular formula is C39H66N2O2. The van der Waals surface area contributed by atoms with Gasteiger partial charge in [-0.25, -0.2) is 0 Å². The highest BCUT2D eigenvalue weighted by Gasteiger charge is 2.25. The number of carbonyl (C=O) groups excluding carboxylic acids is 1. The number of aryl methyl sites for hydroxylation is 2. The third kappa shape index (κ3) is 18.6. The number of aliphatic hydroxyl groups excluding tert-OH is 1. The van der Waals surface area contributed by atoms with E-state index >= 15 is 0 Å². The lowest BCUT2D eigenvalue weighted by molar-refractivity contribution is -0.124. The fourth-order valence-electron chi connectivity index (χ4n) is 5.40. The van der Waals surface area contributed by atoms with Crippen molar-refractivity contribution in [3.63, 3.8) is 0 Å². The first-order valence-electron chi connectivity index (χ1n) is 16.3. The van der Waals surface area contributed by atoms with Gasteiger partial charge in [-0.2, -0.15) is 0 Å². The average Bonchev–Trinajstić information content (AvgIpc) is 2.93. The molecule has 1 amide bonds. The smallest absolute Gasteiger partial charge is 0.246 e. The number of hydrogen-bond acceptors (Lipinski definition) is 3.